The molecule has 0 bridgehead atoms. The molecule has 1 heterocycles. The number of rotatable bonds is 6. The van der Waals surface area contributed by atoms with Crippen molar-refractivity contribution in [3.63, 3.8) is 0 Å². The van der Waals surface area contributed by atoms with E-state index in [1.54, 1.807) is 0 Å². The summed E-state index contributed by atoms with van der Waals surface area (Å²) >= 11 is 0. The number of aromatic nitrogens is 3. The minimum absolute atomic E-state index is 0.0453. The standard InChI is InChI=1S/C21H32N4O2/c1-21(2,3)16-7-9-18(10-8-16)27-14-19-23-20(25(24-19)11-12-26)15-5-4-6-17(22)13-15/h7-10,15,17,26H,4-6,11-14,22H2,1-3H3/t15-,17+/m1/s1. The van der Waals surface area contributed by atoms with E-state index in [0.29, 0.717) is 24.9 Å². The lowest BCUT2D eigenvalue weighted by Crippen LogP contribution is -2.28. The van der Waals surface area contributed by atoms with Crippen LogP contribution in [0.2, 0.25) is 0 Å². The van der Waals surface area contributed by atoms with Gasteiger partial charge < -0.3 is 15.6 Å². The van der Waals surface area contributed by atoms with Gasteiger partial charge in [0.2, 0.25) is 0 Å². The summed E-state index contributed by atoms with van der Waals surface area (Å²) in [4.78, 5) is 4.72. The van der Waals surface area contributed by atoms with Gasteiger partial charge in [-0.15, -0.1) is 0 Å². The summed E-state index contributed by atoms with van der Waals surface area (Å²) in [6, 6.07) is 8.41. The van der Waals surface area contributed by atoms with Gasteiger partial charge in [-0.2, -0.15) is 5.10 Å². The van der Waals surface area contributed by atoms with E-state index in [1.807, 2.05) is 16.8 Å². The Kier molecular flexibility index (Phi) is 6.17. The van der Waals surface area contributed by atoms with Gasteiger partial charge >= 0.3 is 0 Å². The molecule has 148 valence electrons. The zero-order valence-corrected chi connectivity index (χ0v) is 16.7. The van der Waals surface area contributed by atoms with Crippen LogP contribution in [0, 0.1) is 0 Å². The first kappa shape index (κ1) is 19.8. The molecule has 1 aliphatic rings. The summed E-state index contributed by atoms with van der Waals surface area (Å²) in [6.45, 7) is 7.40. The van der Waals surface area contributed by atoms with Crippen molar-refractivity contribution in [1.82, 2.24) is 14.8 Å². The molecule has 2 aromatic rings. The van der Waals surface area contributed by atoms with Gasteiger partial charge in [0.15, 0.2) is 5.82 Å². The molecule has 0 radical (unpaired) electrons. The predicted molar refractivity (Wildman–Crippen MR) is 106 cm³/mol. The van der Waals surface area contributed by atoms with Crippen molar-refractivity contribution in [3.05, 3.63) is 41.5 Å². The number of nitrogens with zero attached hydrogens (tertiary/aromatic N) is 3. The molecular formula is C21H32N4O2. The number of hydrogen-bond donors (Lipinski definition) is 2. The first-order valence-corrected chi connectivity index (χ1v) is 9.90. The minimum Gasteiger partial charge on any atom is -0.486 e. The summed E-state index contributed by atoms with van der Waals surface area (Å²) in [6.07, 6.45) is 4.19. The van der Waals surface area contributed by atoms with Crippen LogP contribution in [-0.4, -0.2) is 32.5 Å². The van der Waals surface area contributed by atoms with E-state index < -0.39 is 0 Å². The maximum Gasteiger partial charge on any atom is 0.188 e. The smallest absolute Gasteiger partial charge is 0.188 e. The van der Waals surface area contributed by atoms with E-state index in [1.165, 1.54) is 5.56 Å². The molecule has 1 fully saturated rings. The molecule has 27 heavy (non-hydrogen) atoms. The second-order valence-electron chi connectivity index (χ2n) is 8.52. The van der Waals surface area contributed by atoms with E-state index in [9.17, 15) is 5.11 Å². The Hall–Kier alpha value is -1.92. The quantitative estimate of drug-likeness (QED) is 0.813. The van der Waals surface area contributed by atoms with Gasteiger partial charge in [0, 0.05) is 12.0 Å². The number of aliphatic hydroxyl groups excluding tert-OH is 1. The van der Waals surface area contributed by atoms with Crippen LogP contribution in [-0.2, 0) is 18.6 Å². The van der Waals surface area contributed by atoms with E-state index in [4.69, 9.17) is 15.5 Å². The molecule has 0 aliphatic heterocycles. The van der Waals surface area contributed by atoms with Crippen molar-refractivity contribution in [2.75, 3.05) is 6.61 Å². The Bertz CT molecular complexity index is 734. The van der Waals surface area contributed by atoms with Gasteiger partial charge in [-0.3, -0.25) is 0 Å². The molecule has 6 nitrogen and oxygen atoms in total. The van der Waals surface area contributed by atoms with Gasteiger partial charge in [0.25, 0.3) is 0 Å². The van der Waals surface area contributed by atoms with Crippen LogP contribution in [0.25, 0.3) is 0 Å². The number of hydrogen-bond acceptors (Lipinski definition) is 5. The highest BCUT2D eigenvalue weighted by molar-refractivity contribution is 5.31. The molecule has 0 unspecified atom stereocenters. The molecule has 0 spiro atoms. The third kappa shape index (κ3) is 5.08. The molecule has 2 atom stereocenters. The van der Waals surface area contributed by atoms with Gasteiger partial charge in [0.05, 0.1) is 13.2 Å². The maximum atomic E-state index is 9.36. The SMILES string of the molecule is CC(C)(C)c1ccc(OCc2nc([C@@H]3CCC[C@H](N)C3)n(CCO)n2)cc1. The first-order valence-electron chi connectivity index (χ1n) is 9.90. The van der Waals surface area contributed by atoms with Crippen molar-refractivity contribution in [3.8, 4) is 5.75 Å². The Morgan fingerprint density at radius 1 is 1.22 bits per heavy atom. The fraction of sp³-hybridized carbons (Fsp3) is 0.619. The zero-order valence-electron chi connectivity index (χ0n) is 16.7. The second-order valence-corrected chi connectivity index (χ2v) is 8.52. The highest BCUT2D eigenvalue weighted by Crippen LogP contribution is 2.31. The van der Waals surface area contributed by atoms with Crippen LogP contribution < -0.4 is 10.5 Å². The highest BCUT2D eigenvalue weighted by Gasteiger charge is 2.26. The lowest BCUT2D eigenvalue weighted by atomic mass is 9.85. The molecule has 0 saturated heterocycles. The van der Waals surface area contributed by atoms with E-state index >= 15 is 0 Å². The average molecular weight is 373 g/mol. The maximum absolute atomic E-state index is 9.36. The fourth-order valence-electron chi connectivity index (χ4n) is 3.69. The topological polar surface area (TPSA) is 86.2 Å². The predicted octanol–water partition coefficient (Wildman–Crippen LogP) is 3.13. The van der Waals surface area contributed by atoms with Crippen molar-refractivity contribution in [2.45, 2.75) is 77.0 Å². The Balaban J connectivity index is 1.69. The van der Waals surface area contributed by atoms with Gasteiger partial charge in [-0.25, -0.2) is 9.67 Å². The third-order valence-electron chi connectivity index (χ3n) is 5.22. The van der Waals surface area contributed by atoms with Crippen molar-refractivity contribution >= 4 is 0 Å². The summed E-state index contributed by atoms with van der Waals surface area (Å²) in [7, 11) is 0. The number of nitrogens with two attached hydrogens (primary N) is 1. The van der Waals surface area contributed by atoms with Crippen LogP contribution in [0.3, 0.4) is 0 Å². The van der Waals surface area contributed by atoms with Crippen LogP contribution in [0.1, 0.15) is 69.6 Å². The Morgan fingerprint density at radius 3 is 2.59 bits per heavy atom. The number of aliphatic hydroxyl groups is 1. The van der Waals surface area contributed by atoms with Crippen molar-refractivity contribution < 1.29 is 9.84 Å². The molecule has 3 N–H and O–H groups in total. The Morgan fingerprint density at radius 2 is 1.96 bits per heavy atom. The van der Waals surface area contributed by atoms with Gasteiger partial charge in [-0.05, 0) is 42.4 Å². The summed E-state index contributed by atoms with van der Waals surface area (Å²) < 4.78 is 7.71. The van der Waals surface area contributed by atoms with E-state index in [2.05, 4.69) is 38.0 Å². The van der Waals surface area contributed by atoms with E-state index in [0.717, 1.165) is 37.3 Å². The normalized spacial score (nSPS) is 20.6. The largest absolute Gasteiger partial charge is 0.486 e. The molecule has 1 aromatic heterocycles. The summed E-state index contributed by atoms with van der Waals surface area (Å²) in [5.74, 6) is 2.70. The average Bonchev–Trinajstić information content (AvgIpc) is 3.03. The third-order valence-corrected chi connectivity index (χ3v) is 5.22. The molecule has 0 amide bonds. The molecule has 1 aliphatic carbocycles. The van der Waals surface area contributed by atoms with Crippen molar-refractivity contribution in [2.24, 2.45) is 5.73 Å². The fourth-order valence-corrected chi connectivity index (χ4v) is 3.69. The van der Waals surface area contributed by atoms with Crippen molar-refractivity contribution in [1.29, 1.82) is 0 Å². The second kappa shape index (κ2) is 8.40. The number of ether oxygens (including phenoxy) is 1. The molecular weight excluding hydrogens is 340 g/mol. The van der Waals surface area contributed by atoms with Gasteiger partial charge in [0.1, 0.15) is 18.2 Å². The molecule has 6 heteroatoms. The Labute approximate surface area is 161 Å². The van der Waals surface area contributed by atoms with Crippen LogP contribution in [0.5, 0.6) is 5.75 Å². The lowest BCUT2D eigenvalue weighted by Gasteiger charge is -2.25. The first-order chi connectivity index (χ1) is 12.9. The summed E-state index contributed by atoms with van der Waals surface area (Å²) in [5.41, 5.74) is 7.54. The lowest BCUT2D eigenvalue weighted by molar-refractivity contribution is 0.260. The van der Waals surface area contributed by atoms with E-state index in [-0.39, 0.29) is 18.1 Å². The molecule has 1 saturated carbocycles. The highest BCUT2D eigenvalue weighted by atomic mass is 16.5. The van der Waals surface area contributed by atoms with Crippen LogP contribution in [0.15, 0.2) is 24.3 Å². The van der Waals surface area contributed by atoms with Crippen LogP contribution >= 0.6 is 0 Å². The van der Waals surface area contributed by atoms with Gasteiger partial charge in [-0.1, -0.05) is 39.3 Å². The molecule has 1 aromatic carbocycles. The zero-order chi connectivity index (χ0) is 19.4. The molecule has 3 rings (SSSR count). The van der Waals surface area contributed by atoms with Crippen LogP contribution in [0.4, 0.5) is 0 Å². The minimum atomic E-state index is 0.0453. The monoisotopic (exact) mass is 372 g/mol. The summed E-state index contributed by atoms with van der Waals surface area (Å²) in [5, 5.41) is 13.9. The number of benzene rings is 1.